The number of fused-ring (bicyclic) bond motifs is 2. The topological polar surface area (TPSA) is 122 Å². The van der Waals surface area contributed by atoms with Crippen LogP contribution in [0.2, 0.25) is 0 Å². The van der Waals surface area contributed by atoms with Crippen LogP contribution in [0.1, 0.15) is 75.2 Å². The van der Waals surface area contributed by atoms with Crippen LogP contribution in [-0.4, -0.2) is 40.2 Å². The first-order chi connectivity index (χ1) is 20.4. The predicted octanol–water partition coefficient (Wildman–Crippen LogP) is 8.60. The Bertz CT molecular complexity index is 1800. The van der Waals surface area contributed by atoms with E-state index in [0.717, 1.165) is 38.4 Å². The molecule has 0 aliphatic rings. The Morgan fingerprint density at radius 2 is 1.16 bits per heavy atom. The first kappa shape index (κ1) is 36.3. The number of hydrogen-bond donors (Lipinski definition) is 1. The molecule has 0 atom stereocenters. The van der Waals surface area contributed by atoms with Gasteiger partial charge in [-0.25, -0.2) is 18.7 Å². The summed E-state index contributed by atoms with van der Waals surface area (Å²) < 4.78 is 16.1. The van der Waals surface area contributed by atoms with Crippen molar-refractivity contribution < 1.29 is 19.1 Å². The van der Waals surface area contributed by atoms with Gasteiger partial charge in [-0.05, 0) is 121 Å². The van der Waals surface area contributed by atoms with E-state index in [0.29, 0.717) is 16.7 Å². The van der Waals surface area contributed by atoms with Crippen molar-refractivity contribution in [3.63, 3.8) is 0 Å². The zero-order valence-corrected chi connectivity index (χ0v) is 28.9. The molecular weight excluding hydrogens is 641 g/mol. The normalized spacial score (nSPS) is 10.9. The zero-order chi connectivity index (χ0) is 33.6. The van der Waals surface area contributed by atoms with Crippen molar-refractivity contribution in [3.8, 4) is 12.1 Å². The molecule has 4 aromatic rings. The molecule has 0 N–H and O–H groups in total. The van der Waals surface area contributed by atoms with Crippen molar-refractivity contribution in [2.24, 2.45) is 4.30 Å². The predicted molar refractivity (Wildman–Crippen MR) is 181 cm³/mol. The zero-order valence-electron chi connectivity index (χ0n) is 26.4. The monoisotopic (exact) mass is 676 g/mol. The molecule has 0 aliphatic carbocycles. The first-order valence-corrected chi connectivity index (χ1v) is 15.1. The first-order valence-electron chi connectivity index (χ1n) is 13.6. The third-order valence-corrected chi connectivity index (χ3v) is 6.81. The summed E-state index contributed by atoms with van der Waals surface area (Å²) in [6, 6.07) is 15.3. The van der Waals surface area contributed by atoms with Gasteiger partial charge < -0.3 is 9.47 Å². The molecule has 0 bridgehead atoms. The molecule has 0 fully saturated rings. The van der Waals surface area contributed by atoms with Crippen molar-refractivity contribution >= 4 is 70.4 Å². The second kappa shape index (κ2) is 14.7. The minimum atomic E-state index is -0.606. The van der Waals surface area contributed by atoms with Gasteiger partial charge in [0.15, 0.2) is 0 Å². The molecule has 0 saturated heterocycles. The molecule has 2 heterocycles. The number of carbonyl (C=O) groups excluding carboxylic acids is 2. The third-order valence-electron chi connectivity index (χ3n) is 6.20. The van der Waals surface area contributed by atoms with E-state index >= 15 is 0 Å². The molecule has 0 spiro atoms. The van der Waals surface area contributed by atoms with E-state index in [-0.39, 0.29) is 5.69 Å². The standard InChI is InChI=1S/C16H17BrN2O2.C16H18N2O2.BHNS/c1-10-5-14-11(6-12(10)8-17)7-13(9-18)19(14)15(20)21-16(2,3)4;1-10-6-12-8-13(9-17)18(14(12)7-11(10)2)15(19)20-16(3,4)5;1-2-3/h5-7H,8H2,1-4H3;6-8H,1-5H3;3H. The van der Waals surface area contributed by atoms with E-state index in [1.165, 1.54) is 9.13 Å². The van der Waals surface area contributed by atoms with E-state index in [2.05, 4.69) is 52.8 Å². The van der Waals surface area contributed by atoms with Crippen LogP contribution >= 0.6 is 28.7 Å². The number of halogens is 1. The molecule has 2 aromatic heterocycles. The molecule has 0 saturated carbocycles. The number of thiol groups is 1. The van der Waals surface area contributed by atoms with Gasteiger partial charge in [0, 0.05) is 16.1 Å². The van der Waals surface area contributed by atoms with Crippen LogP contribution in [0.3, 0.4) is 0 Å². The van der Waals surface area contributed by atoms with Gasteiger partial charge in [0.1, 0.15) is 34.7 Å². The fourth-order valence-electron chi connectivity index (χ4n) is 4.20. The fourth-order valence-corrected chi connectivity index (χ4v) is 4.80. The maximum atomic E-state index is 12.4. The van der Waals surface area contributed by atoms with Crippen LogP contribution in [0.4, 0.5) is 9.59 Å². The van der Waals surface area contributed by atoms with Crippen molar-refractivity contribution in [1.82, 2.24) is 9.13 Å². The van der Waals surface area contributed by atoms with Crippen LogP contribution in [0.15, 0.2) is 40.7 Å². The molecule has 44 heavy (non-hydrogen) atoms. The van der Waals surface area contributed by atoms with Crippen LogP contribution in [0, 0.1) is 43.4 Å². The number of alkyl halides is 1. The summed E-state index contributed by atoms with van der Waals surface area (Å²) in [7, 11) is 4.34. The molecule has 2 aromatic carbocycles. The Labute approximate surface area is 273 Å². The van der Waals surface area contributed by atoms with Crippen molar-refractivity contribution in [2.45, 2.75) is 78.8 Å². The number of benzene rings is 2. The van der Waals surface area contributed by atoms with Gasteiger partial charge in [0.05, 0.1) is 11.0 Å². The van der Waals surface area contributed by atoms with Crippen molar-refractivity contribution in [3.05, 3.63) is 70.0 Å². The number of rotatable bonds is 1. The molecule has 0 aliphatic heterocycles. The average molecular weight is 677 g/mol. The molecule has 4 rings (SSSR count). The molecule has 0 amide bonds. The molecule has 12 heteroatoms. The molecule has 0 unspecified atom stereocenters. The Balaban J connectivity index is 0.000000282. The van der Waals surface area contributed by atoms with Crippen molar-refractivity contribution in [1.29, 1.82) is 10.5 Å². The number of hydrogen-bond acceptors (Lipinski definition) is 8. The number of ether oxygens (including phenoxy) is 2. The SMILES string of the molecule is Cc1cc2c(cc1CBr)cc(C#N)n2C(=O)OC(C)(C)C.Cc1cc2cc(C#N)n(C(=O)OC(C)(C)C)c2cc1C.[B]=NS. The summed E-state index contributed by atoms with van der Waals surface area (Å²) in [6.07, 6.45) is -1.05. The van der Waals surface area contributed by atoms with Crippen molar-refractivity contribution in [2.75, 3.05) is 0 Å². The van der Waals surface area contributed by atoms with E-state index in [4.69, 9.17) is 9.47 Å². The van der Waals surface area contributed by atoms with Gasteiger partial charge in [-0.1, -0.05) is 15.9 Å². The molecule has 1 radical (unpaired) electrons. The Hall–Kier alpha value is -3.87. The Kier molecular flexibility index (Phi) is 12.2. The average Bonchev–Trinajstić information content (AvgIpc) is 3.44. The Morgan fingerprint density at radius 1 is 0.795 bits per heavy atom. The fraction of sp³-hybridized carbons (Fsp3) is 0.375. The second-order valence-corrected chi connectivity index (χ2v) is 12.8. The number of carbonyl (C=O) groups is 2. The summed E-state index contributed by atoms with van der Waals surface area (Å²) in [5, 5.41) is 21.0. The van der Waals surface area contributed by atoms with E-state index < -0.39 is 23.4 Å². The van der Waals surface area contributed by atoms with Gasteiger partial charge in [-0.15, -0.1) is 0 Å². The number of aryl methyl sites for hydroxylation is 3. The van der Waals surface area contributed by atoms with Crippen LogP contribution in [-0.2, 0) is 14.8 Å². The molecule has 9 nitrogen and oxygen atoms in total. The van der Waals surface area contributed by atoms with E-state index in [1.54, 1.807) is 53.7 Å². The van der Waals surface area contributed by atoms with Gasteiger partial charge in [-0.2, -0.15) is 10.5 Å². The number of nitrogens with zero attached hydrogens (tertiary/aromatic N) is 5. The summed E-state index contributed by atoms with van der Waals surface area (Å²) in [5.74, 6) is 0. The van der Waals surface area contributed by atoms with Gasteiger partial charge in [-0.3, -0.25) is 0 Å². The maximum absolute atomic E-state index is 12.4. The summed E-state index contributed by atoms with van der Waals surface area (Å²) in [4.78, 5) is 24.7. The van der Waals surface area contributed by atoms with Crippen LogP contribution in [0.25, 0.3) is 21.8 Å². The Morgan fingerprint density at radius 3 is 1.52 bits per heavy atom. The van der Waals surface area contributed by atoms with Crippen LogP contribution in [0.5, 0.6) is 0 Å². The molecular formula is C32H36BBrN5O4S. The van der Waals surface area contributed by atoms with Gasteiger partial charge in [0.25, 0.3) is 0 Å². The third kappa shape index (κ3) is 9.07. The summed E-state index contributed by atoms with van der Waals surface area (Å²) >= 11 is 6.63. The van der Waals surface area contributed by atoms with E-state index in [1.807, 2.05) is 45.0 Å². The summed E-state index contributed by atoms with van der Waals surface area (Å²) in [5.41, 5.74) is 5.17. The van der Waals surface area contributed by atoms with Gasteiger partial charge in [0.2, 0.25) is 0 Å². The van der Waals surface area contributed by atoms with E-state index in [9.17, 15) is 20.1 Å². The second-order valence-electron chi connectivity index (χ2n) is 12.0. The summed E-state index contributed by atoms with van der Waals surface area (Å²) in [6.45, 7) is 16.8. The quantitative estimate of drug-likeness (QED) is 0.122. The number of aromatic nitrogens is 2. The van der Waals surface area contributed by atoms with Crippen LogP contribution < -0.4 is 0 Å². The minimum absolute atomic E-state index is 0.283. The molecule has 229 valence electrons. The van der Waals surface area contributed by atoms with Gasteiger partial charge >= 0.3 is 36.9 Å². The number of nitriles is 2.